The Hall–Kier alpha value is -3.12. The third-order valence-corrected chi connectivity index (χ3v) is 7.22. The predicted octanol–water partition coefficient (Wildman–Crippen LogP) is 5.55. The van der Waals surface area contributed by atoms with E-state index in [9.17, 15) is 9.90 Å². The van der Waals surface area contributed by atoms with Gasteiger partial charge in [0.05, 0.1) is 22.8 Å². The molecule has 1 fully saturated rings. The maximum Gasteiger partial charge on any atom is 0.308 e. The molecule has 0 saturated carbocycles. The van der Waals surface area contributed by atoms with Gasteiger partial charge in [-0.05, 0) is 56.7 Å². The van der Waals surface area contributed by atoms with Crippen molar-refractivity contribution in [2.75, 3.05) is 19.6 Å². The van der Waals surface area contributed by atoms with Gasteiger partial charge in [-0.3, -0.25) is 14.4 Å². The standard InChI is InChI=1S/C30H40N4O2/c1-7-25(26-17-27(22-11-9-8-10-12-22)34(32-26)29(2,3)4)31-23-15-13-21(14-16-23)18-33-19-24(28(35)36)30(5,6)20-33/h7-15,17,23-24,31H,16,18-20H2,1-6H3,(H,35,36)/b25-7-. The van der Waals surface area contributed by atoms with Gasteiger partial charge in [-0.15, -0.1) is 0 Å². The maximum atomic E-state index is 11.6. The van der Waals surface area contributed by atoms with Crippen LogP contribution in [0.5, 0.6) is 0 Å². The predicted molar refractivity (Wildman–Crippen MR) is 146 cm³/mol. The van der Waals surface area contributed by atoms with Crippen LogP contribution in [0.3, 0.4) is 0 Å². The number of aromatic nitrogens is 2. The topological polar surface area (TPSA) is 70.4 Å². The van der Waals surface area contributed by atoms with Crippen molar-refractivity contribution in [3.63, 3.8) is 0 Å². The van der Waals surface area contributed by atoms with Crippen molar-refractivity contribution < 1.29 is 9.90 Å². The van der Waals surface area contributed by atoms with Crippen LogP contribution in [0.2, 0.25) is 0 Å². The molecule has 2 atom stereocenters. The number of carbonyl (C=O) groups is 1. The van der Waals surface area contributed by atoms with Gasteiger partial charge in [0.25, 0.3) is 0 Å². The van der Waals surface area contributed by atoms with Crippen molar-refractivity contribution in [3.05, 3.63) is 72.0 Å². The Labute approximate surface area is 215 Å². The van der Waals surface area contributed by atoms with Gasteiger partial charge in [0.15, 0.2) is 0 Å². The van der Waals surface area contributed by atoms with E-state index in [1.807, 2.05) is 13.0 Å². The Morgan fingerprint density at radius 1 is 1.25 bits per heavy atom. The summed E-state index contributed by atoms with van der Waals surface area (Å²) in [6.07, 6.45) is 9.64. The van der Waals surface area contributed by atoms with E-state index in [1.165, 1.54) is 5.57 Å². The van der Waals surface area contributed by atoms with Crippen LogP contribution < -0.4 is 5.32 Å². The van der Waals surface area contributed by atoms with Crippen LogP contribution in [-0.4, -0.2) is 51.4 Å². The van der Waals surface area contributed by atoms with Crippen molar-refractivity contribution in [2.24, 2.45) is 11.3 Å². The van der Waals surface area contributed by atoms with E-state index in [4.69, 9.17) is 5.10 Å². The highest BCUT2D eigenvalue weighted by atomic mass is 16.4. The van der Waals surface area contributed by atoms with Crippen LogP contribution in [-0.2, 0) is 10.3 Å². The first-order valence-corrected chi connectivity index (χ1v) is 12.9. The Kier molecular flexibility index (Phi) is 7.28. The van der Waals surface area contributed by atoms with Crippen LogP contribution in [0, 0.1) is 11.3 Å². The lowest BCUT2D eigenvalue weighted by atomic mass is 9.82. The minimum absolute atomic E-state index is 0.144. The summed E-state index contributed by atoms with van der Waals surface area (Å²) >= 11 is 0. The zero-order chi connectivity index (χ0) is 26.1. The lowest BCUT2D eigenvalue weighted by molar-refractivity contribution is -0.144. The molecule has 0 spiro atoms. The summed E-state index contributed by atoms with van der Waals surface area (Å²) in [5.74, 6) is -1.01. The van der Waals surface area contributed by atoms with Crippen molar-refractivity contribution in [1.82, 2.24) is 20.0 Å². The summed E-state index contributed by atoms with van der Waals surface area (Å²) in [6.45, 7) is 14.9. The van der Waals surface area contributed by atoms with Gasteiger partial charge in [-0.1, -0.05) is 68.5 Å². The highest BCUT2D eigenvalue weighted by Gasteiger charge is 2.43. The van der Waals surface area contributed by atoms with Crippen molar-refractivity contribution in [1.29, 1.82) is 0 Å². The van der Waals surface area contributed by atoms with Crippen LogP contribution >= 0.6 is 0 Å². The quantitative estimate of drug-likeness (QED) is 0.534. The minimum atomic E-state index is -0.692. The molecule has 1 aromatic carbocycles. The fraction of sp³-hybridized carbons (Fsp3) is 0.467. The van der Waals surface area contributed by atoms with Gasteiger partial charge in [-0.2, -0.15) is 5.10 Å². The van der Waals surface area contributed by atoms with Crippen molar-refractivity contribution in [3.8, 4) is 11.3 Å². The second kappa shape index (κ2) is 10.1. The van der Waals surface area contributed by atoms with Gasteiger partial charge in [0, 0.05) is 25.7 Å². The molecule has 0 radical (unpaired) electrons. The second-order valence-corrected chi connectivity index (χ2v) is 11.7. The van der Waals surface area contributed by atoms with E-state index in [2.05, 4.69) is 104 Å². The monoisotopic (exact) mass is 488 g/mol. The fourth-order valence-electron chi connectivity index (χ4n) is 5.28. The molecule has 1 aliphatic carbocycles. The number of aliphatic carboxylic acids is 1. The summed E-state index contributed by atoms with van der Waals surface area (Å²) in [6, 6.07) is 12.8. The summed E-state index contributed by atoms with van der Waals surface area (Å²) in [4.78, 5) is 13.9. The molecule has 4 rings (SSSR count). The fourth-order valence-corrected chi connectivity index (χ4v) is 5.28. The first kappa shape index (κ1) is 26.0. The number of likely N-dealkylation sites (tertiary alicyclic amines) is 1. The SMILES string of the molecule is C/C=C(\NC1C=CC(CN2CC(C(=O)O)C(C)(C)C2)=CC1)c1cc(-c2ccccc2)n(C(C)(C)C)n1. The van der Waals surface area contributed by atoms with E-state index >= 15 is 0 Å². The maximum absolute atomic E-state index is 11.6. The third kappa shape index (κ3) is 5.65. The third-order valence-electron chi connectivity index (χ3n) is 7.22. The molecule has 1 aromatic heterocycles. The van der Waals surface area contributed by atoms with Gasteiger partial charge in [-0.25, -0.2) is 0 Å². The van der Waals surface area contributed by atoms with E-state index in [0.29, 0.717) is 6.54 Å². The Morgan fingerprint density at radius 2 is 1.97 bits per heavy atom. The summed E-state index contributed by atoms with van der Waals surface area (Å²) in [7, 11) is 0. The van der Waals surface area contributed by atoms with Crippen molar-refractivity contribution in [2.45, 2.75) is 59.5 Å². The molecule has 1 saturated heterocycles. The second-order valence-electron chi connectivity index (χ2n) is 11.7. The first-order valence-electron chi connectivity index (χ1n) is 12.9. The zero-order valence-corrected chi connectivity index (χ0v) is 22.5. The molecule has 2 N–H and O–H groups in total. The van der Waals surface area contributed by atoms with Gasteiger partial charge in [0.1, 0.15) is 5.69 Å². The number of carboxylic acid groups (broad SMARTS) is 1. The molecule has 2 aromatic rings. The molecule has 6 heteroatoms. The summed E-state index contributed by atoms with van der Waals surface area (Å²) < 4.78 is 2.11. The Morgan fingerprint density at radius 3 is 2.53 bits per heavy atom. The van der Waals surface area contributed by atoms with Gasteiger partial charge >= 0.3 is 5.97 Å². The van der Waals surface area contributed by atoms with E-state index in [0.717, 1.165) is 42.2 Å². The molecule has 0 bridgehead atoms. The summed E-state index contributed by atoms with van der Waals surface area (Å²) in [5.41, 5.74) is 5.12. The average molecular weight is 489 g/mol. The van der Waals surface area contributed by atoms with E-state index in [1.54, 1.807) is 0 Å². The first-order chi connectivity index (χ1) is 17.0. The van der Waals surface area contributed by atoms with Crippen LogP contribution in [0.4, 0.5) is 0 Å². The molecule has 2 unspecified atom stereocenters. The number of allylic oxidation sites excluding steroid dienone is 1. The minimum Gasteiger partial charge on any atom is -0.481 e. The smallest absolute Gasteiger partial charge is 0.308 e. The highest BCUT2D eigenvalue weighted by molar-refractivity contribution is 5.72. The zero-order valence-electron chi connectivity index (χ0n) is 22.5. The largest absolute Gasteiger partial charge is 0.481 e. The number of hydrogen-bond donors (Lipinski definition) is 2. The van der Waals surface area contributed by atoms with Crippen molar-refractivity contribution >= 4 is 11.7 Å². The average Bonchev–Trinajstić information content (AvgIpc) is 3.40. The molecule has 1 aliphatic heterocycles. The van der Waals surface area contributed by atoms with Gasteiger partial charge in [0.2, 0.25) is 0 Å². The van der Waals surface area contributed by atoms with Crippen LogP contribution in [0.25, 0.3) is 17.0 Å². The number of nitrogens with one attached hydrogen (secondary N) is 1. The number of hydrogen-bond acceptors (Lipinski definition) is 4. The Balaban J connectivity index is 1.43. The van der Waals surface area contributed by atoms with Gasteiger partial charge < -0.3 is 10.4 Å². The van der Waals surface area contributed by atoms with E-state index in [-0.39, 0.29) is 22.9 Å². The van der Waals surface area contributed by atoms with Crippen LogP contribution in [0.1, 0.15) is 53.7 Å². The number of nitrogens with zero attached hydrogens (tertiary/aromatic N) is 3. The number of benzene rings is 1. The highest BCUT2D eigenvalue weighted by Crippen LogP contribution is 2.36. The normalized spacial score (nSPS) is 22.5. The lowest BCUT2D eigenvalue weighted by Crippen LogP contribution is -2.29. The molecular weight excluding hydrogens is 448 g/mol. The molecule has 0 amide bonds. The Bertz CT molecular complexity index is 1180. The molecule has 2 aliphatic rings. The van der Waals surface area contributed by atoms with Crippen LogP contribution in [0.15, 0.2) is 66.3 Å². The number of carboxylic acids is 1. The molecule has 6 nitrogen and oxygen atoms in total. The molecule has 2 heterocycles. The molecular formula is C30H40N4O2. The number of rotatable bonds is 7. The summed E-state index contributed by atoms with van der Waals surface area (Å²) in [5, 5.41) is 18.2. The molecule has 192 valence electrons. The van der Waals surface area contributed by atoms with E-state index < -0.39 is 5.97 Å². The lowest BCUT2D eigenvalue weighted by Gasteiger charge is -2.24. The molecule has 36 heavy (non-hydrogen) atoms.